The smallest absolute Gasteiger partial charge is 0.261 e. The molecule has 4 aromatic heterocycles. The first-order valence-electron chi connectivity index (χ1n) is 15.0. The molecule has 49 heavy (non-hydrogen) atoms. The van der Waals surface area contributed by atoms with Crippen LogP contribution in [0, 0.1) is 35.3 Å². The number of rotatable bonds is 5. The van der Waals surface area contributed by atoms with E-state index < -0.39 is 0 Å². The molecule has 7 nitrogen and oxygen atoms in total. The molecule has 0 N–H and O–H groups in total. The topological polar surface area (TPSA) is 72.0 Å². The maximum Gasteiger partial charge on any atom is 0.261 e. The third-order valence-corrected chi connectivity index (χ3v) is 7.50. The number of pyridine rings is 2. The van der Waals surface area contributed by atoms with Crippen LogP contribution in [-0.4, -0.2) is 49.6 Å². The number of alkyl halides is 1. The van der Waals surface area contributed by atoms with Crippen molar-refractivity contribution in [2.45, 2.75) is 12.8 Å². The van der Waals surface area contributed by atoms with E-state index in [1.807, 2.05) is 19.0 Å². The van der Waals surface area contributed by atoms with Crippen LogP contribution < -0.4 is 11.1 Å². The molecule has 0 unspecified atom stereocenters. The summed E-state index contributed by atoms with van der Waals surface area (Å²) in [6.45, 7) is 0.792. The predicted octanol–water partition coefficient (Wildman–Crippen LogP) is 5.93. The van der Waals surface area contributed by atoms with Gasteiger partial charge in [0.15, 0.2) is 0 Å². The Hall–Kier alpha value is -5.13. The second-order valence-corrected chi connectivity index (χ2v) is 11.8. The number of hydrogen-bond acceptors (Lipinski definition) is 5. The van der Waals surface area contributed by atoms with Crippen LogP contribution in [0.3, 0.4) is 0 Å². The van der Waals surface area contributed by atoms with Crippen molar-refractivity contribution in [1.29, 1.82) is 0 Å². The Balaban J connectivity index is 0.000000217. The summed E-state index contributed by atoms with van der Waals surface area (Å²) < 4.78 is 29.3. The molecule has 0 atom stereocenters. The largest absolute Gasteiger partial charge is 0.309 e. The molecule has 0 amide bonds. The van der Waals surface area contributed by atoms with E-state index in [1.165, 1.54) is 33.1 Å². The normalized spacial score (nSPS) is 10.3. The minimum atomic E-state index is -0.317. The van der Waals surface area contributed by atoms with Gasteiger partial charge in [0.25, 0.3) is 11.1 Å². The highest BCUT2D eigenvalue weighted by molar-refractivity contribution is 9.09. The van der Waals surface area contributed by atoms with Crippen molar-refractivity contribution in [1.82, 2.24) is 23.7 Å². The lowest BCUT2D eigenvalue weighted by atomic mass is 10.2. The molecule has 0 saturated heterocycles. The van der Waals surface area contributed by atoms with Crippen LogP contribution in [0.25, 0.3) is 11.3 Å². The highest BCUT2D eigenvalue weighted by atomic mass is 79.9. The maximum absolute atomic E-state index is 13.2. The lowest BCUT2D eigenvalue weighted by Gasteiger charge is -2.09. The van der Waals surface area contributed by atoms with Crippen LogP contribution in [0.2, 0.25) is 0 Å². The van der Waals surface area contributed by atoms with Crippen molar-refractivity contribution in [3.05, 3.63) is 163 Å². The monoisotopic (exact) mass is 741 g/mol. The average molecular weight is 743 g/mol. The molecule has 6 aromatic rings. The van der Waals surface area contributed by atoms with E-state index in [4.69, 9.17) is 0 Å². The van der Waals surface area contributed by atoms with Gasteiger partial charge in [-0.2, -0.15) is 0 Å². The van der Waals surface area contributed by atoms with Crippen molar-refractivity contribution in [2.75, 3.05) is 26.0 Å². The van der Waals surface area contributed by atoms with E-state index in [-0.39, 0.29) is 35.2 Å². The molecule has 0 saturated carbocycles. The summed E-state index contributed by atoms with van der Waals surface area (Å²) >= 11 is 3.32. The van der Waals surface area contributed by atoms with Gasteiger partial charge in [-0.15, -0.1) is 12.4 Å². The highest BCUT2D eigenvalue weighted by Gasteiger charge is 2.07. The number of aromatic nitrogens is 4. The average Bonchev–Trinajstić information content (AvgIpc) is 3.08. The highest BCUT2D eigenvalue weighted by Crippen LogP contribution is 2.08. The van der Waals surface area contributed by atoms with Gasteiger partial charge < -0.3 is 4.90 Å². The molecule has 2 aromatic carbocycles. The number of nitrogens with zero attached hydrogens (tertiary/aromatic N) is 5. The first kappa shape index (κ1) is 36.7. The maximum atomic E-state index is 13.2. The molecule has 0 bridgehead atoms. The summed E-state index contributed by atoms with van der Waals surface area (Å²) in [5.41, 5.74) is 4.95. The summed E-state index contributed by atoms with van der Waals surface area (Å²) in [6.07, 6.45) is 7.86. The molecule has 0 aliphatic rings. The zero-order valence-electron chi connectivity index (χ0n) is 26.7. The van der Waals surface area contributed by atoms with Crippen LogP contribution >= 0.6 is 28.3 Å². The minimum absolute atomic E-state index is 0. The number of benzene rings is 2. The van der Waals surface area contributed by atoms with Crippen LogP contribution in [0.4, 0.5) is 8.78 Å². The molecule has 6 rings (SSSR count). The number of halogens is 4. The third kappa shape index (κ3) is 9.94. The number of likely N-dealkylation sites (N-methyl/N-ethyl adjacent to an activating group) is 1. The van der Waals surface area contributed by atoms with Gasteiger partial charge in [-0.05, 0) is 87.6 Å². The van der Waals surface area contributed by atoms with Crippen molar-refractivity contribution in [2.24, 2.45) is 0 Å². The number of fused-ring (bicyclic) bond motifs is 2. The molecule has 0 aliphatic heterocycles. The van der Waals surface area contributed by atoms with Crippen molar-refractivity contribution in [3.8, 4) is 23.7 Å². The van der Waals surface area contributed by atoms with Crippen LogP contribution in [0.15, 0.2) is 107 Å². The van der Waals surface area contributed by atoms with E-state index >= 15 is 0 Å². The molecular formula is C38H31BrClF2N5O2. The second kappa shape index (κ2) is 17.3. The second-order valence-electron chi connectivity index (χ2n) is 11.0. The molecule has 0 spiro atoms. The third-order valence-electron chi connectivity index (χ3n) is 7.11. The van der Waals surface area contributed by atoms with Crippen molar-refractivity contribution in [3.63, 3.8) is 0 Å². The quantitative estimate of drug-likeness (QED) is 0.162. The molecule has 0 aliphatic carbocycles. The van der Waals surface area contributed by atoms with E-state index in [0.29, 0.717) is 51.7 Å². The Morgan fingerprint density at radius 1 is 0.673 bits per heavy atom. The molecule has 0 radical (unpaired) electrons. The summed E-state index contributed by atoms with van der Waals surface area (Å²) in [5.74, 6) is 11.1. The van der Waals surface area contributed by atoms with Crippen LogP contribution in [0.1, 0.15) is 33.4 Å². The van der Waals surface area contributed by atoms with Gasteiger partial charge in [-0.25, -0.2) is 18.7 Å². The van der Waals surface area contributed by atoms with Gasteiger partial charge in [0.2, 0.25) is 0 Å². The molecule has 248 valence electrons. The van der Waals surface area contributed by atoms with E-state index in [9.17, 15) is 18.4 Å². The Morgan fingerprint density at radius 2 is 1.10 bits per heavy atom. The lowest BCUT2D eigenvalue weighted by Crippen LogP contribution is -2.23. The first-order chi connectivity index (χ1) is 23.2. The standard InChI is InChI=1S/C20H18FN3O.C18H12BrFN2O.ClH/c1-23(2)10-9-17-14-22-19-13-16(8-11-24(19)20(17)25)7-6-15-4-3-5-18(21)12-15;19-8-6-15-12-21-17-11-14(7-9-22(17)18(15)23)5-4-13-2-1-3-16(20)10-13;/h3-5,8,11-14H,9-10H2,1-2H3;1-3,7,9-12H,6,8H2;1H. The van der Waals surface area contributed by atoms with Crippen LogP contribution in [0.5, 0.6) is 0 Å². The summed E-state index contributed by atoms with van der Waals surface area (Å²) in [6, 6.07) is 19.3. The van der Waals surface area contributed by atoms with E-state index in [0.717, 1.165) is 17.7 Å². The van der Waals surface area contributed by atoms with Crippen LogP contribution in [-0.2, 0) is 12.8 Å². The lowest BCUT2D eigenvalue weighted by molar-refractivity contribution is 0.412. The fourth-order valence-electron chi connectivity index (χ4n) is 4.59. The first-order valence-corrected chi connectivity index (χ1v) is 16.1. The summed E-state index contributed by atoms with van der Waals surface area (Å²) in [7, 11) is 3.94. The van der Waals surface area contributed by atoms with Gasteiger partial charge in [-0.3, -0.25) is 18.4 Å². The van der Waals surface area contributed by atoms with Gasteiger partial charge >= 0.3 is 0 Å². The molecule has 4 heterocycles. The predicted molar refractivity (Wildman–Crippen MR) is 195 cm³/mol. The zero-order valence-corrected chi connectivity index (χ0v) is 29.1. The van der Waals surface area contributed by atoms with E-state index in [2.05, 4.69) is 49.6 Å². The summed E-state index contributed by atoms with van der Waals surface area (Å²) in [4.78, 5) is 35.5. The molecule has 11 heteroatoms. The van der Waals surface area contributed by atoms with Gasteiger partial charge in [0.05, 0.1) is 0 Å². The van der Waals surface area contributed by atoms with Gasteiger partial charge in [0.1, 0.15) is 22.9 Å². The van der Waals surface area contributed by atoms with E-state index in [1.54, 1.807) is 73.3 Å². The zero-order chi connectivity index (χ0) is 34.0. The Labute approximate surface area is 296 Å². The minimum Gasteiger partial charge on any atom is -0.309 e. The molecule has 0 fully saturated rings. The molecular weight excluding hydrogens is 712 g/mol. The number of aryl methyl sites for hydroxylation is 1. The summed E-state index contributed by atoms with van der Waals surface area (Å²) in [5, 5.41) is 0.715. The Kier molecular flexibility index (Phi) is 13.0. The number of hydrogen-bond donors (Lipinski definition) is 0. The fraction of sp³-hybridized carbons (Fsp3) is 0.158. The van der Waals surface area contributed by atoms with Crippen molar-refractivity contribution < 1.29 is 8.78 Å². The van der Waals surface area contributed by atoms with Gasteiger partial charge in [-0.1, -0.05) is 51.7 Å². The Bertz CT molecular complexity index is 2350. The Morgan fingerprint density at radius 3 is 1.51 bits per heavy atom. The van der Waals surface area contributed by atoms with Gasteiger partial charge in [0, 0.05) is 70.0 Å². The SMILES string of the molecule is CN(C)CCc1cnc2cc(C#Cc3cccc(F)c3)ccn2c1=O.Cl.O=c1c(CCBr)cnc2cc(C#Cc3cccc(F)c3)ccn12. The van der Waals surface area contributed by atoms with Crippen molar-refractivity contribution >= 4 is 39.6 Å². The fourth-order valence-corrected chi connectivity index (χ4v) is 5.02.